The largest absolute Gasteiger partial charge is 0.497 e. The van der Waals surface area contributed by atoms with Crippen LogP contribution >= 0.6 is 24.8 Å². The highest BCUT2D eigenvalue weighted by Crippen LogP contribution is 2.40. The molecule has 5 aromatic rings. The molecule has 7 nitrogen and oxygen atoms in total. The molecule has 42 heavy (non-hydrogen) atoms. The molecular weight excluding hydrogens is 571 g/mol. The van der Waals surface area contributed by atoms with E-state index >= 15 is 0 Å². The highest BCUT2D eigenvalue weighted by molar-refractivity contribution is 6.04. The van der Waals surface area contributed by atoms with E-state index in [4.69, 9.17) is 14.2 Å². The molecule has 1 aliphatic heterocycles. The highest BCUT2D eigenvalue weighted by atomic mass is 35.5. The van der Waals surface area contributed by atoms with Gasteiger partial charge in [-0.3, -0.25) is 4.90 Å². The molecule has 0 unspecified atom stereocenters. The van der Waals surface area contributed by atoms with Crippen LogP contribution in [-0.2, 0) is 6.54 Å². The monoisotopic (exact) mass is 606 g/mol. The number of methoxy groups -OCH3 is 3. The summed E-state index contributed by atoms with van der Waals surface area (Å²) >= 11 is 0. The summed E-state index contributed by atoms with van der Waals surface area (Å²) in [5, 5.41) is 17.5. The fraction of sp³-hybridized carbons (Fsp3) is 0.273. The normalized spacial score (nSPS) is 13.7. The molecule has 1 aliphatic rings. The van der Waals surface area contributed by atoms with E-state index in [-0.39, 0.29) is 24.8 Å². The van der Waals surface area contributed by atoms with Gasteiger partial charge in [-0.2, -0.15) is 0 Å². The van der Waals surface area contributed by atoms with Crippen molar-refractivity contribution < 1.29 is 14.2 Å². The molecule has 0 aliphatic carbocycles. The molecule has 0 radical (unpaired) electrons. The molecule has 9 heteroatoms. The molecule has 1 fully saturated rings. The van der Waals surface area contributed by atoms with E-state index < -0.39 is 0 Å². The Morgan fingerprint density at radius 3 is 2.17 bits per heavy atom. The predicted molar refractivity (Wildman–Crippen MR) is 175 cm³/mol. The molecule has 6 rings (SSSR count). The SMILES string of the molecule is COc1ccc(-c2nnc(NC3CCN(Cc4ccc5ccccc5c4)CC3)c3cc(OC)cc(OC)c23)cc1.Cl.Cl. The first-order valence-electron chi connectivity index (χ1n) is 13.7. The molecule has 1 saturated heterocycles. The molecule has 0 saturated carbocycles. The second-order valence-corrected chi connectivity index (χ2v) is 10.3. The standard InChI is InChI=1S/C33H34N4O3.2ClH/c1-38-27-12-10-24(11-13-27)32-31-29(19-28(39-2)20-30(31)40-3)33(36-35-32)34-26-14-16-37(17-15-26)21-22-8-9-23-6-4-5-7-25(23)18-22;;/h4-13,18-20,26H,14-17,21H2,1-3H3,(H,34,36);2*1H. The van der Waals surface area contributed by atoms with Crippen molar-refractivity contribution in [3.63, 3.8) is 0 Å². The number of halogens is 2. The summed E-state index contributed by atoms with van der Waals surface area (Å²) in [5.41, 5.74) is 3.05. The fourth-order valence-electron chi connectivity index (χ4n) is 5.59. The van der Waals surface area contributed by atoms with E-state index in [2.05, 4.69) is 62.9 Å². The average molecular weight is 608 g/mol. The summed E-state index contributed by atoms with van der Waals surface area (Å²) in [5.74, 6) is 2.95. The number of fused-ring (bicyclic) bond motifs is 2. The summed E-state index contributed by atoms with van der Waals surface area (Å²) in [6.07, 6.45) is 2.05. The summed E-state index contributed by atoms with van der Waals surface area (Å²) < 4.78 is 16.8. The lowest BCUT2D eigenvalue weighted by Crippen LogP contribution is -2.38. The van der Waals surface area contributed by atoms with Gasteiger partial charge in [-0.1, -0.05) is 36.4 Å². The Labute approximate surface area is 259 Å². The lowest BCUT2D eigenvalue weighted by Gasteiger charge is -2.32. The van der Waals surface area contributed by atoms with Crippen molar-refractivity contribution >= 4 is 52.2 Å². The van der Waals surface area contributed by atoms with Crippen LogP contribution in [0.3, 0.4) is 0 Å². The van der Waals surface area contributed by atoms with Gasteiger partial charge in [-0.05, 0) is 65.6 Å². The number of nitrogens with zero attached hydrogens (tertiary/aromatic N) is 3. The zero-order valence-corrected chi connectivity index (χ0v) is 25.6. The number of piperidine rings is 1. The molecule has 0 spiro atoms. The Hall–Kier alpha value is -3.78. The first-order valence-corrected chi connectivity index (χ1v) is 13.7. The van der Waals surface area contributed by atoms with Gasteiger partial charge in [0, 0.05) is 42.7 Å². The Bertz CT molecular complexity index is 1640. The van der Waals surface area contributed by atoms with Crippen LogP contribution in [-0.4, -0.2) is 55.6 Å². The van der Waals surface area contributed by atoms with Crippen LogP contribution in [0.15, 0.2) is 78.9 Å². The minimum Gasteiger partial charge on any atom is -0.497 e. The molecule has 0 bridgehead atoms. The van der Waals surface area contributed by atoms with Gasteiger partial charge in [-0.15, -0.1) is 35.0 Å². The third kappa shape index (κ3) is 6.49. The topological polar surface area (TPSA) is 68.7 Å². The maximum atomic E-state index is 5.81. The van der Waals surface area contributed by atoms with Crippen molar-refractivity contribution in [3.8, 4) is 28.5 Å². The van der Waals surface area contributed by atoms with Crippen molar-refractivity contribution in [3.05, 3.63) is 84.4 Å². The first-order chi connectivity index (χ1) is 19.6. The average Bonchev–Trinajstić information content (AvgIpc) is 3.01. The Morgan fingerprint density at radius 2 is 1.48 bits per heavy atom. The van der Waals surface area contributed by atoms with Crippen LogP contribution in [0.2, 0.25) is 0 Å². The number of ether oxygens (including phenoxy) is 3. The summed E-state index contributed by atoms with van der Waals surface area (Å²) in [7, 11) is 5.00. The molecular formula is C33H36Cl2N4O3. The molecule has 0 atom stereocenters. The second-order valence-electron chi connectivity index (χ2n) is 10.3. The number of aromatic nitrogens is 2. The Kier molecular flexibility index (Phi) is 10.3. The van der Waals surface area contributed by atoms with Gasteiger partial charge in [0.2, 0.25) is 0 Å². The van der Waals surface area contributed by atoms with Crippen molar-refractivity contribution in [1.82, 2.24) is 15.1 Å². The molecule has 4 aromatic carbocycles. The predicted octanol–water partition coefficient (Wildman–Crippen LogP) is 7.40. The number of rotatable bonds is 8. The number of benzene rings is 4. The second kappa shape index (κ2) is 13.9. The van der Waals surface area contributed by atoms with Crippen molar-refractivity contribution in [1.29, 1.82) is 0 Å². The van der Waals surface area contributed by atoms with E-state index in [1.54, 1.807) is 21.3 Å². The zero-order chi connectivity index (χ0) is 27.5. The summed E-state index contributed by atoms with van der Waals surface area (Å²) in [6.45, 7) is 3.00. The molecule has 1 aromatic heterocycles. The van der Waals surface area contributed by atoms with Crippen LogP contribution in [0, 0.1) is 0 Å². The summed E-state index contributed by atoms with van der Waals surface area (Å²) in [4.78, 5) is 2.53. The maximum Gasteiger partial charge on any atom is 0.157 e. The van der Waals surface area contributed by atoms with Crippen LogP contribution in [0.1, 0.15) is 18.4 Å². The Balaban J connectivity index is 0.00000202. The van der Waals surface area contributed by atoms with Crippen LogP contribution in [0.25, 0.3) is 32.8 Å². The highest BCUT2D eigenvalue weighted by Gasteiger charge is 2.23. The van der Waals surface area contributed by atoms with Gasteiger partial charge in [-0.25, -0.2) is 0 Å². The smallest absolute Gasteiger partial charge is 0.157 e. The third-order valence-electron chi connectivity index (χ3n) is 7.79. The number of anilines is 1. The van der Waals surface area contributed by atoms with Gasteiger partial charge in [0.1, 0.15) is 22.9 Å². The zero-order valence-electron chi connectivity index (χ0n) is 24.0. The lowest BCUT2D eigenvalue weighted by molar-refractivity contribution is 0.211. The number of likely N-dealkylation sites (tertiary alicyclic amines) is 1. The maximum absolute atomic E-state index is 5.81. The number of nitrogens with one attached hydrogen (secondary N) is 1. The van der Waals surface area contributed by atoms with Gasteiger partial charge in [0.15, 0.2) is 5.82 Å². The van der Waals surface area contributed by atoms with Gasteiger partial charge >= 0.3 is 0 Å². The molecule has 220 valence electrons. The van der Waals surface area contributed by atoms with E-state index in [0.717, 1.165) is 66.1 Å². The van der Waals surface area contributed by atoms with Crippen LogP contribution in [0.5, 0.6) is 17.2 Å². The molecule has 0 amide bonds. The van der Waals surface area contributed by atoms with Crippen molar-refractivity contribution in [2.75, 3.05) is 39.7 Å². The van der Waals surface area contributed by atoms with Crippen molar-refractivity contribution in [2.24, 2.45) is 0 Å². The molecule has 1 N–H and O–H groups in total. The molecule has 2 heterocycles. The van der Waals surface area contributed by atoms with E-state index in [1.165, 1.54) is 16.3 Å². The van der Waals surface area contributed by atoms with Gasteiger partial charge in [0.05, 0.1) is 26.7 Å². The van der Waals surface area contributed by atoms with E-state index in [9.17, 15) is 0 Å². The summed E-state index contributed by atoms with van der Waals surface area (Å²) in [6, 6.07) is 27.4. The van der Waals surface area contributed by atoms with E-state index in [1.807, 2.05) is 36.4 Å². The number of hydrogen-bond donors (Lipinski definition) is 1. The number of hydrogen-bond acceptors (Lipinski definition) is 7. The van der Waals surface area contributed by atoms with Gasteiger partial charge < -0.3 is 19.5 Å². The fourth-order valence-corrected chi connectivity index (χ4v) is 5.59. The van der Waals surface area contributed by atoms with Crippen LogP contribution in [0.4, 0.5) is 5.82 Å². The van der Waals surface area contributed by atoms with E-state index in [0.29, 0.717) is 17.5 Å². The first kappa shape index (κ1) is 31.2. The van der Waals surface area contributed by atoms with Gasteiger partial charge in [0.25, 0.3) is 0 Å². The minimum absolute atomic E-state index is 0. The third-order valence-corrected chi connectivity index (χ3v) is 7.79. The Morgan fingerprint density at radius 1 is 0.762 bits per heavy atom. The lowest BCUT2D eigenvalue weighted by atomic mass is 10.0. The minimum atomic E-state index is 0. The van der Waals surface area contributed by atoms with Crippen molar-refractivity contribution in [2.45, 2.75) is 25.4 Å². The van der Waals surface area contributed by atoms with Crippen LogP contribution < -0.4 is 19.5 Å². The quantitative estimate of drug-likeness (QED) is 0.197.